The minimum atomic E-state index is -3.99. The maximum atomic E-state index is 13.4. The van der Waals surface area contributed by atoms with Crippen LogP contribution in [-0.2, 0) is 28.0 Å². The molecule has 0 bridgehead atoms. The SMILES string of the molecule is O=C(CN(Cc1ccc(Br)cc1)S(=O)(=O)c1ccc(Cl)cc1)N/N=C\c1ccc(OCc2ccccc2)cc1. The van der Waals surface area contributed by atoms with Gasteiger partial charge in [0.05, 0.1) is 17.7 Å². The summed E-state index contributed by atoms with van der Waals surface area (Å²) in [6.07, 6.45) is 1.48. The molecule has 0 heterocycles. The normalized spacial score (nSPS) is 11.6. The van der Waals surface area contributed by atoms with E-state index in [1.165, 1.54) is 30.5 Å². The van der Waals surface area contributed by atoms with E-state index in [1.807, 2.05) is 54.6 Å². The minimum absolute atomic E-state index is 0.000181. The summed E-state index contributed by atoms with van der Waals surface area (Å²) in [6, 6.07) is 30.1. The van der Waals surface area contributed by atoms with Crippen LogP contribution in [0.4, 0.5) is 0 Å². The number of rotatable bonds is 11. The van der Waals surface area contributed by atoms with E-state index in [1.54, 1.807) is 24.3 Å². The van der Waals surface area contributed by atoms with Crippen LogP contribution < -0.4 is 10.2 Å². The van der Waals surface area contributed by atoms with Crippen molar-refractivity contribution in [2.75, 3.05) is 6.54 Å². The van der Waals surface area contributed by atoms with Crippen molar-refractivity contribution in [3.63, 3.8) is 0 Å². The molecule has 0 spiro atoms. The van der Waals surface area contributed by atoms with Crippen molar-refractivity contribution >= 4 is 49.7 Å². The van der Waals surface area contributed by atoms with E-state index in [-0.39, 0.29) is 11.4 Å². The Morgan fingerprint density at radius 3 is 2.23 bits per heavy atom. The minimum Gasteiger partial charge on any atom is -0.489 e. The van der Waals surface area contributed by atoms with Crippen LogP contribution in [0.3, 0.4) is 0 Å². The molecule has 1 N–H and O–H groups in total. The maximum Gasteiger partial charge on any atom is 0.255 e. The van der Waals surface area contributed by atoms with E-state index in [0.29, 0.717) is 17.4 Å². The van der Waals surface area contributed by atoms with Crippen molar-refractivity contribution in [1.82, 2.24) is 9.73 Å². The molecule has 4 aromatic rings. The Morgan fingerprint density at radius 1 is 0.897 bits per heavy atom. The van der Waals surface area contributed by atoms with E-state index in [9.17, 15) is 13.2 Å². The van der Waals surface area contributed by atoms with Gasteiger partial charge in [0.2, 0.25) is 10.0 Å². The molecule has 0 unspecified atom stereocenters. The van der Waals surface area contributed by atoms with Crippen LogP contribution in [0.2, 0.25) is 5.02 Å². The Morgan fingerprint density at radius 2 is 1.56 bits per heavy atom. The van der Waals surface area contributed by atoms with Crippen molar-refractivity contribution in [2.24, 2.45) is 5.10 Å². The van der Waals surface area contributed by atoms with Gasteiger partial charge in [-0.25, -0.2) is 13.8 Å². The van der Waals surface area contributed by atoms with Crippen LogP contribution in [0.1, 0.15) is 16.7 Å². The second kappa shape index (κ2) is 13.5. The number of nitrogens with zero attached hydrogens (tertiary/aromatic N) is 2. The lowest BCUT2D eigenvalue weighted by atomic mass is 10.2. The maximum absolute atomic E-state index is 13.4. The van der Waals surface area contributed by atoms with Gasteiger partial charge in [0, 0.05) is 16.0 Å². The largest absolute Gasteiger partial charge is 0.489 e. The fourth-order valence-electron chi connectivity index (χ4n) is 3.54. The molecule has 4 aromatic carbocycles. The molecule has 0 atom stereocenters. The topological polar surface area (TPSA) is 88.1 Å². The monoisotopic (exact) mass is 625 g/mol. The molecule has 0 saturated heterocycles. The Bertz CT molecular complexity index is 1510. The predicted octanol–water partition coefficient (Wildman–Crippen LogP) is 6.02. The van der Waals surface area contributed by atoms with Crippen molar-refractivity contribution in [1.29, 1.82) is 0 Å². The van der Waals surface area contributed by atoms with Gasteiger partial charge in [-0.2, -0.15) is 9.41 Å². The smallest absolute Gasteiger partial charge is 0.255 e. The van der Waals surface area contributed by atoms with E-state index < -0.39 is 22.5 Å². The number of carbonyl (C=O) groups is 1. The van der Waals surface area contributed by atoms with Crippen molar-refractivity contribution in [3.05, 3.63) is 129 Å². The van der Waals surface area contributed by atoms with Gasteiger partial charge in [-0.15, -0.1) is 0 Å². The molecule has 0 radical (unpaired) electrons. The third kappa shape index (κ3) is 8.49. The summed E-state index contributed by atoms with van der Waals surface area (Å²) >= 11 is 9.30. The lowest BCUT2D eigenvalue weighted by Gasteiger charge is -2.21. The van der Waals surface area contributed by atoms with E-state index in [2.05, 4.69) is 26.5 Å². The number of hydrogen-bond donors (Lipinski definition) is 1. The molecule has 0 aliphatic carbocycles. The van der Waals surface area contributed by atoms with Gasteiger partial charge in [0.25, 0.3) is 5.91 Å². The lowest BCUT2D eigenvalue weighted by molar-refractivity contribution is -0.121. The highest BCUT2D eigenvalue weighted by Crippen LogP contribution is 2.21. The standard InChI is InChI=1S/C29H25BrClN3O4S/c30-25-10-6-23(7-11-25)19-34(39(36,37)28-16-12-26(31)13-17-28)20-29(35)33-32-18-22-8-14-27(15-9-22)38-21-24-4-2-1-3-5-24/h1-18H,19-21H2,(H,33,35)/b32-18-. The average molecular weight is 627 g/mol. The number of ether oxygens (including phenoxy) is 1. The Labute approximate surface area is 241 Å². The van der Waals surface area contributed by atoms with Gasteiger partial charge in [0.1, 0.15) is 12.4 Å². The summed E-state index contributed by atoms with van der Waals surface area (Å²) in [5.41, 5.74) is 4.95. The highest BCUT2D eigenvalue weighted by atomic mass is 79.9. The first-order valence-corrected chi connectivity index (χ1v) is 14.5. The molecular formula is C29H25BrClN3O4S. The number of sulfonamides is 1. The first-order valence-electron chi connectivity index (χ1n) is 11.9. The number of hydrazone groups is 1. The van der Waals surface area contributed by atoms with Gasteiger partial charge in [-0.1, -0.05) is 70.0 Å². The van der Waals surface area contributed by atoms with E-state index in [0.717, 1.165) is 25.5 Å². The van der Waals surface area contributed by atoms with Gasteiger partial charge in [0.15, 0.2) is 0 Å². The number of benzene rings is 4. The van der Waals surface area contributed by atoms with Gasteiger partial charge in [-0.3, -0.25) is 4.79 Å². The number of hydrogen-bond acceptors (Lipinski definition) is 5. The summed E-state index contributed by atoms with van der Waals surface area (Å²) in [6.45, 7) is 0.0322. The molecule has 10 heteroatoms. The van der Waals surface area contributed by atoms with Crippen LogP contribution in [0.5, 0.6) is 5.75 Å². The fraction of sp³-hybridized carbons (Fsp3) is 0.103. The van der Waals surface area contributed by atoms with Crippen LogP contribution in [0.25, 0.3) is 0 Å². The summed E-state index contributed by atoms with van der Waals surface area (Å²) in [7, 11) is -3.99. The second-order valence-corrected chi connectivity index (χ2v) is 11.8. The molecule has 0 aliphatic heterocycles. The van der Waals surface area contributed by atoms with Crippen LogP contribution in [0.15, 0.2) is 118 Å². The van der Waals surface area contributed by atoms with Crippen LogP contribution in [-0.4, -0.2) is 31.4 Å². The highest BCUT2D eigenvalue weighted by Gasteiger charge is 2.27. The zero-order valence-corrected chi connectivity index (χ0v) is 23.9. The number of halogens is 2. The zero-order chi connectivity index (χ0) is 27.7. The Kier molecular flexibility index (Phi) is 9.89. The molecule has 0 aromatic heterocycles. The van der Waals surface area contributed by atoms with Crippen LogP contribution in [0, 0.1) is 0 Å². The predicted molar refractivity (Wildman–Crippen MR) is 156 cm³/mol. The molecule has 0 fully saturated rings. The fourth-order valence-corrected chi connectivity index (χ4v) is 5.32. The zero-order valence-electron chi connectivity index (χ0n) is 20.7. The van der Waals surface area contributed by atoms with Gasteiger partial charge in [-0.05, 0) is 77.4 Å². The lowest BCUT2D eigenvalue weighted by Crippen LogP contribution is -2.39. The summed E-state index contributed by atoms with van der Waals surface area (Å²) in [4.78, 5) is 12.8. The average Bonchev–Trinajstić information content (AvgIpc) is 2.94. The third-order valence-electron chi connectivity index (χ3n) is 5.57. The van der Waals surface area contributed by atoms with Gasteiger partial charge >= 0.3 is 0 Å². The Balaban J connectivity index is 1.39. The molecule has 39 heavy (non-hydrogen) atoms. The number of carbonyl (C=O) groups excluding carboxylic acids is 1. The first-order chi connectivity index (χ1) is 18.8. The van der Waals surface area contributed by atoms with E-state index in [4.69, 9.17) is 16.3 Å². The second-order valence-electron chi connectivity index (χ2n) is 8.49. The van der Waals surface area contributed by atoms with Gasteiger partial charge < -0.3 is 4.74 Å². The molecule has 1 amide bonds. The molecule has 200 valence electrons. The number of nitrogens with one attached hydrogen (secondary N) is 1. The molecule has 0 saturated carbocycles. The van der Waals surface area contributed by atoms with Crippen molar-refractivity contribution in [2.45, 2.75) is 18.0 Å². The molecule has 0 aliphatic rings. The summed E-state index contributed by atoms with van der Waals surface area (Å²) in [5.74, 6) is 0.125. The summed E-state index contributed by atoms with van der Waals surface area (Å²) in [5, 5.41) is 4.41. The highest BCUT2D eigenvalue weighted by molar-refractivity contribution is 9.10. The molecule has 4 rings (SSSR count). The Hall–Kier alpha value is -3.50. The summed E-state index contributed by atoms with van der Waals surface area (Å²) < 4.78 is 34.5. The quantitative estimate of drug-likeness (QED) is 0.163. The third-order valence-corrected chi connectivity index (χ3v) is 8.16. The van der Waals surface area contributed by atoms with Crippen molar-refractivity contribution < 1.29 is 17.9 Å². The first kappa shape index (κ1) is 28.5. The molecule has 7 nitrogen and oxygen atoms in total. The van der Waals surface area contributed by atoms with E-state index >= 15 is 0 Å². The van der Waals surface area contributed by atoms with Crippen molar-refractivity contribution in [3.8, 4) is 5.75 Å². The van der Waals surface area contributed by atoms with Crippen LogP contribution >= 0.6 is 27.5 Å². The molecular weight excluding hydrogens is 602 g/mol. The number of amides is 1.